The van der Waals surface area contributed by atoms with E-state index in [-0.39, 0.29) is 11.9 Å². The minimum atomic E-state index is 0.0404. The third kappa shape index (κ3) is 5.01. The topological polar surface area (TPSA) is 96.2 Å². The summed E-state index contributed by atoms with van der Waals surface area (Å²) >= 11 is 0. The van der Waals surface area contributed by atoms with Gasteiger partial charge in [-0.3, -0.25) is 9.78 Å². The van der Waals surface area contributed by atoms with E-state index >= 15 is 0 Å². The number of nitrogens with zero attached hydrogens (tertiary/aromatic N) is 4. The SMILES string of the molecule is CNc1ccc(C2CCN(C(=O)c3ccc(C)c(Nc4nnc(-c5cccnc5)o4)c3)CC2)cc1. The average molecular weight is 469 g/mol. The molecule has 1 aliphatic rings. The van der Waals surface area contributed by atoms with E-state index in [9.17, 15) is 4.79 Å². The van der Waals surface area contributed by atoms with E-state index in [4.69, 9.17) is 4.42 Å². The summed E-state index contributed by atoms with van der Waals surface area (Å²) in [5.74, 6) is 0.902. The first-order valence-electron chi connectivity index (χ1n) is 11.8. The van der Waals surface area contributed by atoms with Crippen LogP contribution in [0.25, 0.3) is 11.5 Å². The van der Waals surface area contributed by atoms with Crippen molar-refractivity contribution in [2.24, 2.45) is 0 Å². The molecule has 1 saturated heterocycles. The molecule has 5 rings (SSSR count). The van der Waals surface area contributed by atoms with Crippen LogP contribution in [0.1, 0.15) is 40.2 Å². The molecule has 35 heavy (non-hydrogen) atoms. The van der Waals surface area contributed by atoms with Crippen molar-refractivity contribution in [3.05, 3.63) is 83.7 Å². The van der Waals surface area contributed by atoms with E-state index in [0.717, 1.165) is 48.4 Å². The van der Waals surface area contributed by atoms with Gasteiger partial charge in [0.05, 0.1) is 5.56 Å². The molecule has 4 aromatic rings. The molecule has 8 heteroatoms. The van der Waals surface area contributed by atoms with Crippen molar-refractivity contribution in [3.8, 4) is 11.5 Å². The largest absolute Gasteiger partial charge is 0.403 e. The van der Waals surface area contributed by atoms with Crippen LogP contribution in [-0.4, -0.2) is 46.1 Å². The third-order valence-electron chi connectivity index (χ3n) is 6.51. The van der Waals surface area contributed by atoms with Crippen LogP contribution in [0.2, 0.25) is 0 Å². The number of amides is 1. The Balaban J connectivity index is 1.25. The molecule has 2 N–H and O–H groups in total. The lowest BCUT2D eigenvalue weighted by atomic mass is 9.89. The van der Waals surface area contributed by atoms with Gasteiger partial charge in [0.15, 0.2) is 0 Å². The Morgan fingerprint density at radius 1 is 1.06 bits per heavy atom. The number of pyridine rings is 1. The van der Waals surface area contributed by atoms with Crippen LogP contribution < -0.4 is 10.6 Å². The van der Waals surface area contributed by atoms with E-state index in [2.05, 4.69) is 50.1 Å². The molecular formula is C27H28N6O2. The van der Waals surface area contributed by atoms with Gasteiger partial charge in [-0.25, -0.2) is 0 Å². The molecule has 2 aromatic heterocycles. The first-order valence-corrected chi connectivity index (χ1v) is 11.8. The van der Waals surface area contributed by atoms with Crippen molar-refractivity contribution in [2.45, 2.75) is 25.7 Å². The summed E-state index contributed by atoms with van der Waals surface area (Å²) in [7, 11) is 1.92. The Morgan fingerprint density at radius 3 is 2.57 bits per heavy atom. The summed E-state index contributed by atoms with van der Waals surface area (Å²) < 4.78 is 5.74. The summed E-state index contributed by atoms with van der Waals surface area (Å²) in [5.41, 5.74) is 5.57. The smallest absolute Gasteiger partial charge is 0.320 e. The number of aromatic nitrogens is 3. The lowest BCUT2D eigenvalue weighted by Gasteiger charge is -2.32. The van der Waals surface area contributed by atoms with Gasteiger partial charge >= 0.3 is 6.01 Å². The van der Waals surface area contributed by atoms with Crippen molar-refractivity contribution in [3.63, 3.8) is 0 Å². The summed E-state index contributed by atoms with van der Waals surface area (Å²) in [6, 6.07) is 18.2. The molecule has 0 radical (unpaired) electrons. The molecule has 0 spiro atoms. The predicted octanol–water partition coefficient (Wildman–Crippen LogP) is 5.25. The number of anilines is 3. The first kappa shape index (κ1) is 22.6. The van der Waals surface area contributed by atoms with E-state index in [1.807, 2.05) is 49.2 Å². The Hall–Kier alpha value is -4.20. The quantitative estimate of drug-likeness (QED) is 0.399. The molecule has 3 heterocycles. The fourth-order valence-corrected chi connectivity index (χ4v) is 4.41. The molecule has 0 atom stereocenters. The van der Waals surface area contributed by atoms with Gasteiger partial charge in [-0.05, 0) is 73.2 Å². The van der Waals surface area contributed by atoms with E-state index < -0.39 is 0 Å². The number of rotatable bonds is 6. The molecule has 178 valence electrons. The molecular weight excluding hydrogens is 440 g/mol. The van der Waals surface area contributed by atoms with E-state index in [0.29, 0.717) is 17.4 Å². The Bertz CT molecular complexity index is 1300. The second-order valence-corrected chi connectivity index (χ2v) is 8.75. The van der Waals surface area contributed by atoms with Crippen LogP contribution in [0, 0.1) is 6.92 Å². The van der Waals surface area contributed by atoms with Crippen molar-refractivity contribution in [1.29, 1.82) is 0 Å². The molecule has 0 saturated carbocycles. The standard InChI is InChI=1S/C27H28N6O2/c1-18-5-6-21(16-24(18)30-27-32-31-25(35-27)22-4-3-13-29-17-22)26(34)33-14-11-20(12-15-33)19-7-9-23(28-2)10-8-19/h3-10,13,16-17,20,28H,11-12,14-15H2,1-2H3,(H,30,32). The van der Waals surface area contributed by atoms with Crippen LogP contribution >= 0.6 is 0 Å². The minimum Gasteiger partial charge on any atom is -0.403 e. The maximum absolute atomic E-state index is 13.3. The molecule has 8 nitrogen and oxygen atoms in total. The maximum atomic E-state index is 13.3. The summed E-state index contributed by atoms with van der Waals surface area (Å²) in [6.07, 6.45) is 5.28. The van der Waals surface area contributed by atoms with Crippen LogP contribution in [0.4, 0.5) is 17.4 Å². The van der Waals surface area contributed by atoms with Crippen molar-refractivity contribution in [2.75, 3.05) is 30.8 Å². The minimum absolute atomic E-state index is 0.0404. The normalized spacial score (nSPS) is 14.1. The number of carbonyl (C=O) groups excluding carboxylic acids is 1. The zero-order chi connectivity index (χ0) is 24.2. The lowest BCUT2D eigenvalue weighted by molar-refractivity contribution is 0.0713. The van der Waals surface area contributed by atoms with Crippen LogP contribution in [0.15, 0.2) is 71.4 Å². The van der Waals surface area contributed by atoms with E-state index in [1.54, 1.807) is 12.4 Å². The number of aryl methyl sites for hydroxylation is 1. The number of piperidine rings is 1. The van der Waals surface area contributed by atoms with Gasteiger partial charge in [-0.1, -0.05) is 23.3 Å². The van der Waals surface area contributed by atoms with Gasteiger partial charge in [0.2, 0.25) is 0 Å². The van der Waals surface area contributed by atoms with Crippen LogP contribution in [-0.2, 0) is 0 Å². The van der Waals surface area contributed by atoms with Crippen molar-refractivity contribution in [1.82, 2.24) is 20.1 Å². The van der Waals surface area contributed by atoms with Gasteiger partial charge < -0.3 is 20.0 Å². The van der Waals surface area contributed by atoms with Gasteiger partial charge in [0.25, 0.3) is 11.8 Å². The monoisotopic (exact) mass is 468 g/mol. The summed E-state index contributed by atoms with van der Waals surface area (Å²) in [4.78, 5) is 19.3. The molecule has 2 aromatic carbocycles. The Kier molecular flexibility index (Phi) is 6.43. The maximum Gasteiger partial charge on any atom is 0.320 e. The fraction of sp³-hybridized carbons (Fsp3) is 0.259. The predicted molar refractivity (Wildman–Crippen MR) is 136 cm³/mol. The van der Waals surface area contributed by atoms with Gasteiger partial charge in [0.1, 0.15) is 0 Å². The molecule has 1 amide bonds. The molecule has 0 bridgehead atoms. The lowest BCUT2D eigenvalue weighted by Crippen LogP contribution is -2.37. The van der Waals surface area contributed by atoms with Gasteiger partial charge in [0, 0.05) is 49.5 Å². The highest BCUT2D eigenvalue weighted by atomic mass is 16.4. The Labute approximate surface area is 204 Å². The number of hydrogen-bond acceptors (Lipinski definition) is 7. The highest BCUT2D eigenvalue weighted by molar-refractivity contribution is 5.95. The highest BCUT2D eigenvalue weighted by Gasteiger charge is 2.25. The van der Waals surface area contributed by atoms with Gasteiger partial charge in [-0.15, -0.1) is 5.10 Å². The zero-order valence-electron chi connectivity index (χ0n) is 19.9. The third-order valence-corrected chi connectivity index (χ3v) is 6.51. The second kappa shape index (κ2) is 9.97. The Morgan fingerprint density at radius 2 is 1.86 bits per heavy atom. The number of likely N-dealkylation sites (tertiary alicyclic amines) is 1. The number of benzene rings is 2. The van der Waals surface area contributed by atoms with Crippen LogP contribution in [0.5, 0.6) is 0 Å². The summed E-state index contributed by atoms with van der Waals surface area (Å²) in [5, 5.41) is 14.5. The van der Waals surface area contributed by atoms with E-state index in [1.165, 1.54) is 5.56 Å². The van der Waals surface area contributed by atoms with Crippen molar-refractivity contribution < 1.29 is 9.21 Å². The zero-order valence-corrected chi connectivity index (χ0v) is 19.9. The summed E-state index contributed by atoms with van der Waals surface area (Å²) in [6.45, 7) is 3.46. The second-order valence-electron chi connectivity index (χ2n) is 8.75. The fourth-order valence-electron chi connectivity index (χ4n) is 4.41. The van der Waals surface area contributed by atoms with Crippen molar-refractivity contribution >= 4 is 23.3 Å². The molecule has 1 aliphatic heterocycles. The number of nitrogens with one attached hydrogen (secondary N) is 2. The van der Waals surface area contributed by atoms with Crippen LogP contribution in [0.3, 0.4) is 0 Å². The molecule has 1 fully saturated rings. The first-order chi connectivity index (χ1) is 17.1. The van der Waals surface area contributed by atoms with Gasteiger partial charge in [-0.2, -0.15) is 0 Å². The molecule has 0 aliphatic carbocycles. The average Bonchev–Trinajstić information content (AvgIpc) is 3.39. The number of carbonyl (C=O) groups is 1. The molecule has 0 unspecified atom stereocenters. The highest BCUT2D eigenvalue weighted by Crippen LogP contribution is 2.30. The number of hydrogen-bond donors (Lipinski definition) is 2.